The van der Waals surface area contributed by atoms with Gasteiger partial charge in [0, 0.05) is 13.1 Å². The topological polar surface area (TPSA) is 50.4 Å². The molecule has 0 spiro atoms. The molecular formula is C10H21N3. The molecule has 0 aromatic rings. The average Bonchev–Trinajstić information content (AvgIpc) is 2.09. The minimum atomic E-state index is 0.528. The van der Waals surface area contributed by atoms with Crippen molar-refractivity contribution in [2.45, 2.75) is 39.2 Å². The second kappa shape index (κ2) is 4.49. The van der Waals surface area contributed by atoms with Gasteiger partial charge in [0.05, 0.1) is 0 Å². The summed E-state index contributed by atoms with van der Waals surface area (Å²) < 4.78 is 0. The van der Waals surface area contributed by atoms with E-state index in [4.69, 9.17) is 5.73 Å². The van der Waals surface area contributed by atoms with Gasteiger partial charge in [0.15, 0.2) is 5.96 Å². The van der Waals surface area contributed by atoms with Gasteiger partial charge < -0.3 is 11.1 Å². The van der Waals surface area contributed by atoms with Crippen LogP contribution in [-0.2, 0) is 0 Å². The fourth-order valence-electron chi connectivity index (χ4n) is 2.13. The largest absolute Gasteiger partial charge is 0.370 e. The molecule has 0 aromatic heterocycles. The predicted octanol–water partition coefficient (Wildman–Crippen LogP) is 1.35. The molecule has 0 aliphatic heterocycles. The number of nitrogens with zero attached hydrogens (tertiary/aromatic N) is 1. The van der Waals surface area contributed by atoms with E-state index in [-0.39, 0.29) is 0 Å². The van der Waals surface area contributed by atoms with Gasteiger partial charge in [-0.25, -0.2) is 0 Å². The maximum absolute atomic E-state index is 5.64. The molecule has 1 aliphatic rings. The first-order chi connectivity index (χ1) is 6.13. The van der Waals surface area contributed by atoms with Crippen LogP contribution in [0.3, 0.4) is 0 Å². The van der Waals surface area contributed by atoms with Crippen molar-refractivity contribution in [3.05, 3.63) is 0 Å². The summed E-state index contributed by atoms with van der Waals surface area (Å²) in [4.78, 5) is 3.92. The van der Waals surface area contributed by atoms with E-state index in [9.17, 15) is 0 Å². The highest BCUT2D eigenvalue weighted by Gasteiger charge is 2.25. The van der Waals surface area contributed by atoms with Crippen molar-refractivity contribution in [1.29, 1.82) is 0 Å². The number of aliphatic imine (C=N–C) groups is 1. The highest BCUT2D eigenvalue weighted by Crippen LogP contribution is 2.28. The summed E-state index contributed by atoms with van der Waals surface area (Å²) in [7, 11) is 1.72. The first kappa shape index (κ1) is 10.4. The van der Waals surface area contributed by atoms with Gasteiger partial charge in [-0.05, 0) is 31.1 Å². The number of nitrogens with one attached hydrogen (secondary N) is 1. The number of guanidine groups is 1. The van der Waals surface area contributed by atoms with Crippen LogP contribution in [0.1, 0.15) is 33.1 Å². The van der Waals surface area contributed by atoms with Gasteiger partial charge in [0.2, 0.25) is 0 Å². The van der Waals surface area contributed by atoms with Gasteiger partial charge in [0.25, 0.3) is 0 Å². The zero-order valence-electron chi connectivity index (χ0n) is 8.88. The van der Waals surface area contributed by atoms with Crippen LogP contribution in [-0.4, -0.2) is 19.0 Å². The van der Waals surface area contributed by atoms with Crippen LogP contribution in [0.25, 0.3) is 0 Å². The molecule has 0 saturated heterocycles. The predicted molar refractivity (Wildman–Crippen MR) is 56.6 cm³/mol. The second-order valence-electron chi connectivity index (χ2n) is 4.26. The normalized spacial score (nSPS) is 35.9. The molecule has 0 aromatic carbocycles. The van der Waals surface area contributed by atoms with Crippen molar-refractivity contribution in [3.63, 3.8) is 0 Å². The lowest BCUT2D eigenvalue weighted by Crippen LogP contribution is -2.45. The Morgan fingerprint density at radius 3 is 2.62 bits per heavy atom. The van der Waals surface area contributed by atoms with Gasteiger partial charge in [0.1, 0.15) is 0 Å². The number of hydrogen-bond acceptors (Lipinski definition) is 1. The Hall–Kier alpha value is -0.730. The third kappa shape index (κ3) is 2.90. The lowest BCUT2D eigenvalue weighted by atomic mass is 9.80. The van der Waals surface area contributed by atoms with Crippen LogP contribution < -0.4 is 11.1 Å². The van der Waals surface area contributed by atoms with E-state index < -0.39 is 0 Å². The lowest BCUT2D eigenvalue weighted by Gasteiger charge is -2.33. The summed E-state index contributed by atoms with van der Waals surface area (Å²) >= 11 is 0. The molecule has 3 nitrogen and oxygen atoms in total. The zero-order valence-corrected chi connectivity index (χ0v) is 8.88. The van der Waals surface area contributed by atoms with E-state index in [1.807, 2.05) is 0 Å². The third-order valence-electron chi connectivity index (χ3n) is 3.01. The van der Waals surface area contributed by atoms with Gasteiger partial charge in [-0.1, -0.05) is 13.8 Å². The SMILES string of the molecule is CN=C(N)NC1CCC(C)CC1C. The third-order valence-corrected chi connectivity index (χ3v) is 3.01. The lowest BCUT2D eigenvalue weighted by molar-refractivity contribution is 0.247. The minimum Gasteiger partial charge on any atom is -0.370 e. The molecule has 0 heterocycles. The maximum atomic E-state index is 5.64. The molecule has 0 radical (unpaired) electrons. The van der Waals surface area contributed by atoms with E-state index in [2.05, 4.69) is 24.2 Å². The number of rotatable bonds is 1. The van der Waals surface area contributed by atoms with E-state index >= 15 is 0 Å². The van der Waals surface area contributed by atoms with Crippen LogP contribution in [0.5, 0.6) is 0 Å². The fourth-order valence-corrected chi connectivity index (χ4v) is 2.13. The van der Waals surface area contributed by atoms with Crippen LogP contribution in [0, 0.1) is 11.8 Å². The molecule has 3 heteroatoms. The van der Waals surface area contributed by atoms with Crippen molar-refractivity contribution < 1.29 is 0 Å². The molecule has 13 heavy (non-hydrogen) atoms. The molecule has 3 unspecified atom stereocenters. The van der Waals surface area contributed by atoms with Crippen molar-refractivity contribution in [1.82, 2.24) is 5.32 Å². The minimum absolute atomic E-state index is 0.528. The molecule has 0 amide bonds. The van der Waals surface area contributed by atoms with Crippen LogP contribution in [0.15, 0.2) is 4.99 Å². The van der Waals surface area contributed by atoms with E-state index in [0.29, 0.717) is 17.9 Å². The van der Waals surface area contributed by atoms with Gasteiger partial charge >= 0.3 is 0 Å². The maximum Gasteiger partial charge on any atom is 0.188 e. The second-order valence-corrected chi connectivity index (χ2v) is 4.26. The monoisotopic (exact) mass is 183 g/mol. The molecule has 0 bridgehead atoms. The standard InChI is InChI=1S/C10H21N3/c1-7-4-5-9(8(2)6-7)13-10(11)12-3/h7-9H,4-6H2,1-3H3,(H3,11,12,13). The van der Waals surface area contributed by atoms with E-state index in [1.54, 1.807) is 7.05 Å². The summed E-state index contributed by atoms with van der Waals surface area (Å²) in [5, 5.41) is 3.27. The first-order valence-corrected chi connectivity index (χ1v) is 5.12. The molecule has 76 valence electrons. The molecular weight excluding hydrogens is 162 g/mol. The van der Waals surface area contributed by atoms with Crippen LogP contribution in [0.4, 0.5) is 0 Å². The molecule has 1 saturated carbocycles. The molecule has 1 aliphatic carbocycles. The Kier molecular flexibility index (Phi) is 3.58. The first-order valence-electron chi connectivity index (χ1n) is 5.12. The smallest absolute Gasteiger partial charge is 0.188 e. The molecule has 3 N–H and O–H groups in total. The van der Waals surface area contributed by atoms with Gasteiger partial charge in [-0.2, -0.15) is 0 Å². The van der Waals surface area contributed by atoms with Crippen LogP contribution >= 0.6 is 0 Å². The van der Waals surface area contributed by atoms with Crippen molar-refractivity contribution in [2.24, 2.45) is 22.6 Å². The fraction of sp³-hybridized carbons (Fsp3) is 0.900. The highest BCUT2D eigenvalue weighted by molar-refractivity contribution is 5.77. The zero-order chi connectivity index (χ0) is 9.84. The Bertz CT molecular complexity index is 189. The van der Waals surface area contributed by atoms with Crippen molar-refractivity contribution >= 4 is 5.96 Å². The van der Waals surface area contributed by atoms with Crippen molar-refractivity contribution in [3.8, 4) is 0 Å². The molecule has 1 fully saturated rings. The molecule has 1 rings (SSSR count). The summed E-state index contributed by atoms with van der Waals surface area (Å²) in [5.74, 6) is 2.16. The summed E-state index contributed by atoms with van der Waals surface area (Å²) in [5.41, 5.74) is 5.64. The molecule has 3 atom stereocenters. The Morgan fingerprint density at radius 2 is 2.08 bits per heavy atom. The summed E-state index contributed by atoms with van der Waals surface area (Å²) in [6, 6.07) is 0.528. The summed E-state index contributed by atoms with van der Waals surface area (Å²) in [6.07, 6.45) is 3.83. The number of nitrogens with two attached hydrogens (primary N) is 1. The summed E-state index contributed by atoms with van der Waals surface area (Å²) in [6.45, 7) is 4.61. The van der Waals surface area contributed by atoms with Crippen LogP contribution in [0.2, 0.25) is 0 Å². The average molecular weight is 183 g/mol. The Morgan fingerprint density at radius 1 is 1.38 bits per heavy atom. The van der Waals surface area contributed by atoms with E-state index in [1.165, 1.54) is 19.3 Å². The number of hydrogen-bond donors (Lipinski definition) is 2. The van der Waals surface area contributed by atoms with Gasteiger partial charge in [-0.3, -0.25) is 4.99 Å². The highest BCUT2D eigenvalue weighted by atomic mass is 15.1. The Balaban J connectivity index is 2.42. The Labute approximate surface area is 80.8 Å². The van der Waals surface area contributed by atoms with Gasteiger partial charge in [-0.15, -0.1) is 0 Å². The van der Waals surface area contributed by atoms with E-state index in [0.717, 1.165) is 5.92 Å². The van der Waals surface area contributed by atoms with Crippen molar-refractivity contribution in [2.75, 3.05) is 7.05 Å². The quantitative estimate of drug-likeness (QED) is 0.476.